The van der Waals surface area contributed by atoms with E-state index in [1.165, 1.54) is 12.0 Å². The number of halogens is 2. The molecular formula is C18H20BrClN2O. The molecule has 3 rings (SSSR count). The molecule has 1 fully saturated rings. The molecule has 1 aliphatic rings. The maximum Gasteiger partial charge on any atom is 0.138 e. The van der Waals surface area contributed by atoms with Gasteiger partial charge in [-0.2, -0.15) is 0 Å². The molecule has 0 saturated carbocycles. The number of rotatable bonds is 5. The number of ether oxygens (including phenoxy) is 1. The van der Waals surface area contributed by atoms with Crippen molar-refractivity contribution in [1.29, 1.82) is 0 Å². The first kappa shape index (κ1) is 16.7. The number of pyridine rings is 1. The summed E-state index contributed by atoms with van der Waals surface area (Å²) in [5, 5.41) is 4.31. The Morgan fingerprint density at radius 2 is 2.22 bits per heavy atom. The van der Waals surface area contributed by atoms with Crippen LogP contribution in [0.25, 0.3) is 0 Å². The van der Waals surface area contributed by atoms with Crippen LogP contribution in [0, 0.1) is 5.41 Å². The van der Waals surface area contributed by atoms with Gasteiger partial charge in [-0.1, -0.05) is 23.7 Å². The van der Waals surface area contributed by atoms with E-state index in [0.717, 1.165) is 41.2 Å². The van der Waals surface area contributed by atoms with Crippen molar-refractivity contribution < 1.29 is 4.74 Å². The van der Waals surface area contributed by atoms with Crippen molar-refractivity contribution in [3.8, 4) is 5.75 Å². The van der Waals surface area contributed by atoms with Gasteiger partial charge in [0.25, 0.3) is 0 Å². The molecule has 3 nitrogen and oxygen atoms in total. The highest BCUT2D eigenvalue weighted by atomic mass is 79.9. The lowest BCUT2D eigenvalue weighted by Crippen LogP contribution is -2.45. The van der Waals surface area contributed by atoms with E-state index >= 15 is 0 Å². The van der Waals surface area contributed by atoms with Gasteiger partial charge >= 0.3 is 0 Å². The molecule has 2 aromatic rings. The van der Waals surface area contributed by atoms with Crippen LogP contribution in [0.1, 0.15) is 18.4 Å². The van der Waals surface area contributed by atoms with Crippen LogP contribution in [0.15, 0.2) is 47.2 Å². The molecule has 1 atom stereocenters. The van der Waals surface area contributed by atoms with Gasteiger partial charge < -0.3 is 10.1 Å². The topological polar surface area (TPSA) is 34.1 Å². The minimum atomic E-state index is 0.0885. The summed E-state index contributed by atoms with van der Waals surface area (Å²) in [5.41, 5.74) is 1.35. The highest BCUT2D eigenvalue weighted by molar-refractivity contribution is 9.10. The quantitative estimate of drug-likeness (QED) is 0.810. The summed E-state index contributed by atoms with van der Waals surface area (Å²) < 4.78 is 7.00. The van der Waals surface area contributed by atoms with Crippen LogP contribution in [0.4, 0.5) is 0 Å². The van der Waals surface area contributed by atoms with Crippen molar-refractivity contribution in [3.05, 3.63) is 57.8 Å². The van der Waals surface area contributed by atoms with E-state index in [-0.39, 0.29) is 5.41 Å². The third kappa shape index (κ3) is 4.69. The van der Waals surface area contributed by atoms with Crippen LogP contribution >= 0.6 is 27.5 Å². The van der Waals surface area contributed by atoms with E-state index < -0.39 is 0 Å². The molecule has 122 valence electrons. The van der Waals surface area contributed by atoms with Gasteiger partial charge in [0, 0.05) is 27.7 Å². The van der Waals surface area contributed by atoms with Gasteiger partial charge in [-0.3, -0.25) is 4.98 Å². The van der Waals surface area contributed by atoms with Crippen molar-refractivity contribution in [2.45, 2.75) is 19.3 Å². The van der Waals surface area contributed by atoms with Crippen LogP contribution in [0.2, 0.25) is 5.02 Å². The molecule has 1 saturated heterocycles. The number of nitrogens with zero attached hydrogens (tertiary/aromatic N) is 1. The van der Waals surface area contributed by atoms with Crippen molar-refractivity contribution in [3.63, 3.8) is 0 Å². The molecule has 1 aliphatic heterocycles. The maximum absolute atomic E-state index is 6.14. The minimum Gasteiger partial charge on any atom is -0.491 e. The van der Waals surface area contributed by atoms with Crippen LogP contribution in [0.3, 0.4) is 0 Å². The Labute approximate surface area is 150 Å². The predicted molar refractivity (Wildman–Crippen MR) is 97.1 cm³/mol. The molecule has 1 N–H and O–H groups in total. The summed E-state index contributed by atoms with van der Waals surface area (Å²) in [5.74, 6) is 0.801. The van der Waals surface area contributed by atoms with Gasteiger partial charge in [0.1, 0.15) is 5.75 Å². The van der Waals surface area contributed by atoms with Crippen LogP contribution in [0.5, 0.6) is 5.75 Å². The van der Waals surface area contributed by atoms with Crippen molar-refractivity contribution >= 4 is 27.5 Å². The van der Waals surface area contributed by atoms with Crippen molar-refractivity contribution in [1.82, 2.24) is 10.3 Å². The largest absolute Gasteiger partial charge is 0.491 e. The average Bonchev–Trinajstić information content (AvgIpc) is 2.54. The molecule has 5 heteroatoms. The first-order valence-electron chi connectivity index (χ1n) is 7.84. The summed E-state index contributed by atoms with van der Waals surface area (Å²) in [7, 11) is 0. The number of hydrogen-bond donors (Lipinski definition) is 1. The Bertz CT molecular complexity index is 659. The lowest BCUT2D eigenvalue weighted by atomic mass is 9.76. The molecule has 23 heavy (non-hydrogen) atoms. The maximum atomic E-state index is 6.14. The SMILES string of the molecule is Clc1cccc(CC2(COc3cncc(Br)c3)CCCNC2)c1. The molecule has 0 spiro atoms. The molecule has 1 unspecified atom stereocenters. The summed E-state index contributed by atoms with van der Waals surface area (Å²) in [4.78, 5) is 4.16. The fraction of sp³-hybridized carbons (Fsp3) is 0.389. The number of benzene rings is 1. The Balaban J connectivity index is 1.73. The first-order valence-corrected chi connectivity index (χ1v) is 9.01. The van der Waals surface area contributed by atoms with Gasteiger partial charge in [-0.25, -0.2) is 0 Å². The molecule has 1 aromatic carbocycles. The highest BCUT2D eigenvalue weighted by Gasteiger charge is 2.33. The van der Waals surface area contributed by atoms with Crippen LogP contribution in [-0.2, 0) is 6.42 Å². The lowest BCUT2D eigenvalue weighted by molar-refractivity contribution is 0.109. The number of aromatic nitrogens is 1. The second-order valence-corrected chi connectivity index (χ2v) is 7.57. The Morgan fingerprint density at radius 1 is 1.30 bits per heavy atom. The fourth-order valence-corrected chi connectivity index (χ4v) is 3.70. The van der Waals surface area contributed by atoms with Crippen LogP contribution in [-0.4, -0.2) is 24.7 Å². The van der Waals surface area contributed by atoms with E-state index in [1.54, 1.807) is 12.4 Å². The van der Waals surface area contributed by atoms with Gasteiger partial charge in [-0.05, 0) is 65.5 Å². The Hall–Kier alpha value is -1.10. The number of hydrogen-bond acceptors (Lipinski definition) is 3. The zero-order chi connectivity index (χ0) is 16.1. The standard InChI is InChI=1S/C18H20BrClN2O/c19-15-8-17(11-22-10-15)23-13-18(5-2-6-21-12-18)9-14-3-1-4-16(20)7-14/h1,3-4,7-8,10-11,21H,2,5-6,9,12-13H2. The summed E-state index contributed by atoms with van der Waals surface area (Å²) >= 11 is 9.57. The van der Waals surface area contributed by atoms with E-state index in [9.17, 15) is 0 Å². The third-order valence-corrected chi connectivity index (χ3v) is 4.92. The molecule has 2 heterocycles. The van der Waals surface area contributed by atoms with Gasteiger partial charge in [0.15, 0.2) is 0 Å². The number of nitrogens with one attached hydrogen (secondary N) is 1. The van der Waals surface area contributed by atoms with Crippen molar-refractivity contribution in [2.24, 2.45) is 5.41 Å². The normalized spacial score (nSPS) is 21.1. The van der Waals surface area contributed by atoms with Crippen molar-refractivity contribution in [2.75, 3.05) is 19.7 Å². The monoisotopic (exact) mass is 394 g/mol. The first-order chi connectivity index (χ1) is 11.2. The summed E-state index contributed by atoms with van der Waals surface area (Å²) in [6, 6.07) is 10.1. The van der Waals surface area contributed by atoms with E-state index in [4.69, 9.17) is 16.3 Å². The predicted octanol–water partition coefficient (Wildman–Crippen LogP) is 4.49. The molecule has 0 amide bonds. The van der Waals surface area contributed by atoms with E-state index in [0.29, 0.717) is 6.61 Å². The van der Waals surface area contributed by atoms with E-state index in [1.807, 2.05) is 18.2 Å². The van der Waals surface area contributed by atoms with Crippen LogP contribution < -0.4 is 10.1 Å². The van der Waals surface area contributed by atoms with E-state index in [2.05, 4.69) is 38.4 Å². The molecular weight excluding hydrogens is 376 g/mol. The Kier molecular flexibility index (Phi) is 5.57. The Morgan fingerprint density at radius 3 is 2.96 bits per heavy atom. The lowest BCUT2D eigenvalue weighted by Gasteiger charge is -2.37. The van der Waals surface area contributed by atoms with Gasteiger partial charge in [0.05, 0.1) is 12.8 Å². The second-order valence-electron chi connectivity index (χ2n) is 6.21. The average molecular weight is 396 g/mol. The minimum absolute atomic E-state index is 0.0885. The number of piperidine rings is 1. The van der Waals surface area contributed by atoms with Gasteiger partial charge in [0.2, 0.25) is 0 Å². The zero-order valence-corrected chi connectivity index (χ0v) is 15.2. The summed E-state index contributed by atoms with van der Waals surface area (Å²) in [6.07, 6.45) is 6.79. The van der Waals surface area contributed by atoms with Gasteiger partial charge in [-0.15, -0.1) is 0 Å². The summed E-state index contributed by atoms with van der Waals surface area (Å²) in [6.45, 7) is 2.71. The fourth-order valence-electron chi connectivity index (χ4n) is 3.14. The highest BCUT2D eigenvalue weighted by Crippen LogP contribution is 2.32. The molecule has 0 radical (unpaired) electrons. The molecule has 0 bridgehead atoms. The third-order valence-electron chi connectivity index (χ3n) is 4.25. The smallest absolute Gasteiger partial charge is 0.138 e. The molecule has 1 aromatic heterocycles. The zero-order valence-electron chi connectivity index (χ0n) is 12.9. The molecule has 0 aliphatic carbocycles. The second kappa shape index (κ2) is 7.65.